The van der Waals surface area contributed by atoms with Gasteiger partial charge in [0.2, 0.25) is 0 Å². The highest BCUT2D eigenvalue weighted by Crippen LogP contribution is 2.31. The Balaban J connectivity index is 2.28. The fourth-order valence-corrected chi connectivity index (χ4v) is 4.40. The number of sulfone groups is 1. The molecule has 5 nitrogen and oxygen atoms in total. The van der Waals surface area contributed by atoms with Crippen LogP contribution in [0.2, 0.25) is 0 Å². The second-order valence-corrected chi connectivity index (χ2v) is 6.69. The highest BCUT2D eigenvalue weighted by molar-refractivity contribution is 7.91. The van der Waals surface area contributed by atoms with Gasteiger partial charge in [-0.25, -0.2) is 12.6 Å². The van der Waals surface area contributed by atoms with Crippen LogP contribution in [0.3, 0.4) is 0 Å². The topological polar surface area (TPSA) is 83.5 Å². The first-order valence-electron chi connectivity index (χ1n) is 5.00. The van der Waals surface area contributed by atoms with Crippen LogP contribution in [0.25, 0.3) is 0 Å². The second-order valence-electron chi connectivity index (χ2n) is 3.93. The summed E-state index contributed by atoms with van der Waals surface area (Å²) in [7, 11) is -3.24. The van der Waals surface area contributed by atoms with E-state index in [1.165, 1.54) is 0 Å². The van der Waals surface area contributed by atoms with Gasteiger partial charge in [0, 0.05) is 5.92 Å². The van der Waals surface area contributed by atoms with Crippen molar-refractivity contribution in [2.75, 3.05) is 11.5 Å². The standard InChI is InChI=1S/C10H12O5S2/c11-16(12)15-10-7-17(13,14)6-9(10)8-4-2-1-3-5-8/h1-5,9-10H,6-7H2,(H,11,12)/p-1/t9-,10+/m0/s1. The van der Waals surface area contributed by atoms with E-state index in [1.807, 2.05) is 6.07 Å². The van der Waals surface area contributed by atoms with Crippen molar-refractivity contribution in [1.82, 2.24) is 0 Å². The summed E-state index contributed by atoms with van der Waals surface area (Å²) in [5, 5.41) is 0. The molecule has 0 bridgehead atoms. The average Bonchev–Trinajstić information content (AvgIpc) is 2.54. The molecule has 1 aromatic carbocycles. The van der Waals surface area contributed by atoms with Crippen LogP contribution in [0.1, 0.15) is 11.5 Å². The van der Waals surface area contributed by atoms with E-state index in [-0.39, 0.29) is 11.5 Å². The Hall–Kier alpha value is -0.760. The van der Waals surface area contributed by atoms with E-state index in [2.05, 4.69) is 4.18 Å². The molecule has 1 fully saturated rings. The van der Waals surface area contributed by atoms with Crippen molar-refractivity contribution in [3.8, 4) is 0 Å². The van der Waals surface area contributed by atoms with Gasteiger partial charge in [-0.1, -0.05) is 30.3 Å². The molecule has 1 aliphatic heterocycles. The molecule has 17 heavy (non-hydrogen) atoms. The normalized spacial score (nSPS) is 29.0. The van der Waals surface area contributed by atoms with E-state index in [0.717, 1.165) is 5.56 Å². The zero-order valence-electron chi connectivity index (χ0n) is 8.81. The summed E-state index contributed by atoms with van der Waals surface area (Å²) < 4.78 is 48.8. The van der Waals surface area contributed by atoms with Crippen molar-refractivity contribution in [1.29, 1.82) is 0 Å². The van der Waals surface area contributed by atoms with E-state index >= 15 is 0 Å². The van der Waals surface area contributed by atoms with E-state index in [1.54, 1.807) is 24.3 Å². The fourth-order valence-electron chi connectivity index (χ4n) is 2.02. The van der Waals surface area contributed by atoms with Crippen LogP contribution < -0.4 is 0 Å². The Morgan fingerprint density at radius 1 is 1.24 bits per heavy atom. The van der Waals surface area contributed by atoms with E-state index < -0.39 is 33.2 Å². The molecule has 2 rings (SSSR count). The zero-order chi connectivity index (χ0) is 12.5. The second kappa shape index (κ2) is 4.85. The third-order valence-electron chi connectivity index (χ3n) is 2.73. The van der Waals surface area contributed by atoms with Crippen molar-refractivity contribution < 1.29 is 21.4 Å². The van der Waals surface area contributed by atoms with Gasteiger partial charge in [0.15, 0.2) is 9.84 Å². The highest BCUT2D eigenvalue weighted by atomic mass is 32.2. The first kappa shape index (κ1) is 12.7. The largest absolute Gasteiger partial charge is 0.750 e. The van der Waals surface area contributed by atoms with Crippen LogP contribution in [-0.2, 0) is 25.4 Å². The van der Waals surface area contributed by atoms with Gasteiger partial charge < -0.3 is 4.55 Å². The summed E-state index contributed by atoms with van der Waals surface area (Å²) in [5.41, 5.74) is 0.782. The average molecular weight is 275 g/mol. The molecule has 1 heterocycles. The fraction of sp³-hybridized carbons (Fsp3) is 0.400. The molecular weight excluding hydrogens is 264 g/mol. The number of hydrogen-bond acceptors (Lipinski definition) is 5. The maximum absolute atomic E-state index is 11.5. The van der Waals surface area contributed by atoms with Crippen molar-refractivity contribution in [2.24, 2.45) is 0 Å². The molecule has 0 amide bonds. The number of rotatable bonds is 3. The summed E-state index contributed by atoms with van der Waals surface area (Å²) in [5.74, 6) is -0.738. The smallest absolute Gasteiger partial charge is 0.153 e. The predicted molar refractivity (Wildman–Crippen MR) is 61.6 cm³/mol. The maximum Gasteiger partial charge on any atom is 0.153 e. The minimum Gasteiger partial charge on any atom is -0.750 e. The minimum absolute atomic E-state index is 0.0706. The molecule has 0 spiro atoms. The van der Waals surface area contributed by atoms with Crippen molar-refractivity contribution in [2.45, 2.75) is 12.0 Å². The minimum atomic E-state index is -3.24. The van der Waals surface area contributed by atoms with Gasteiger partial charge in [-0.05, 0) is 5.56 Å². The quantitative estimate of drug-likeness (QED) is 0.745. The maximum atomic E-state index is 11.5. The molecule has 1 aromatic rings. The Kier molecular flexibility index (Phi) is 3.62. The Morgan fingerprint density at radius 2 is 1.88 bits per heavy atom. The van der Waals surface area contributed by atoms with Crippen LogP contribution in [0, 0.1) is 0 Å². The Labute approximate surface area is 102 Å². The van der Waals surface area contributed by atoms with E-state index in [0.29, 0.717) is 0 Å². The molecule has 0 radical (unpaired) electrons. The lowest BCUT2D eigenvalue weighted by Crippen LogP contribution is -2.22. The molecule has 0 saturated carbocycles. The lowest BCUT2D eigenvalue weighted by atomic mass is 9.97. The molecule has 3 atom stereocenters. The predicted octanol–water partition coefficient (Wildman–Crippen LogP) is 0.378. The molecular formula is C10H11O5S2-. The Bertz CT molecular complexity index is 511. The highest BCUT2D eigenvalue weighted by Gasteiger charge is 2.39. The van der Waals surface area contributed by atoms with Gasteiger partial charge in [0.05, 0.1) is 29.0 Å². The SMILES string of the molecule is O=S([O-])O[C@@H]1CS(=O)(=O)C[C@H]1c1ccccc1. The number of hydrogen-bond donors (Lipinski definition) is 0. The molecule has 0 N–H and O–H groups in total. The van der Waals surface area contributed by atoms with Gasteiger partial charge >= 0.3 is 0 Å². The van der Waals surface area contributed by atoms with Crippen molar-refractivity contribution >= 4 is 21.2 Å². The summed E-state index contributed by atoms with van der Waals surface area (Å²) in [4.78, 5) is 0. The summed E-state index contributed by atoms with van der Waals surface area (Å²) >= 11 is -2.70. The summed E-state index contributed by atoms with van der Waals surface area (Å²) in [6.07, 6.45) is -0.819. The van der Waals surface area contributed by atoms with Gasteiger partial charge in [-0.2, -0.15) is 0 Å². The Morgan fingerprint density at radius 3 is 2.47 bits per heavy atom. The molecule has 7 heteroatoms. The van der Waals surface area contributed by atoms with E-state index in [4.69, 9.17) is 0 Å². The van der Waals surface area contributed by atoms with Gasteiger partial charge in [-0.3, -0.25) is 4.18 Å². The molecule has 1 aliphatic rings. The first-order valence-corrected chi connectivity index (χ1v) is 7.82. The van der Waals surface area contributed by atoms with Crippen LogP contribution in [-0.4, -0.2) is 34.8 Å². The van der Waals surface area contributed by atoms with Crippen molar-refractivity contribution in [3.05, 3.63) is 35.9 Å². The van der Waals surface area contributed by atoms with Crippen LogP contribution in [0.15, 0.2) is 30.3 Å². The van der Waals surface area contributed by atoms with E-state index in [9.17, 15) is 17.2 Å². The zero-order valence-corrected chi connectivity index (χ0v) is 10.4. The van der Waals surface area contributed by atoms with Crippen LogP contribution >= 0.6 is 0 Å². The monoisotopic (exact) mass is 275 g/mol. The molecule has 1 saturated heterocycles. The molecule has 1 unspecified atom stereocenters. The molecule has 0 aliphatic carbocycles. The third kappa shape index (κ3) is 3.12. The third-order valence-corrected chi connectivity index (χ3v) is 4.84. The van der Waals surface area contributed by atoms with Gasteiger partial charge in [-0.15, -0.1) is 0 Å². The van der Waals surface area contributed by atoms with Crippen LogP contribution in [0.4, 0.5) is 0 Å². The number of benzene rings is 1. The summed E-state index contributed by atoms with van der Waals surface area (Å²) in [6.45, 7) is 0. The van der Waals surface area contributed by atoms with Gasteiger partial charge in [0.1, 0.15) is 0 Å². The van der Waals surface area contributed by atoms with Gasteiger partial charge in [0.25, 0.3) is 0 Å². The molecule has 94 valence electrons. The first-order chi connectivity index (χ1) is 7.98. The summed E-state index contributed by atoms with van der Waals surface area (Å²) in [6, 6.07) is 8.93. The molecule has 0 aromatic heterocycles. The lowest BCUT2D eigenvalue weighted by Gasteiger charge is -2.19. The van der Waals surface area contributed by atoms with Crippen molar-refractivity contribution in [3.63, 3.8) is 0 Å². The van der Waals surface area contributed by atoms with Crippen LogP contribution in [0.5, 0.6) is 0 Å². The lowest BCUT2D eigenvalue weighted by molar-refractivity contribution is 0.206.